The summed E-state index contributed by atoms with van der Waals surface area (Å²) in [5, 5.41) is 8.57. The maximum absolute atomic E-state index is 11.5. The summed E-state index contributed by atoms with van der Waals surface area (Å²) < 4.78 is 23.0. The molecule has 0 aliphatic heterocycles. The minimum atomic E-state index is -3.06. The number of pyridine rings is 1. The molecule has 2 heterocycles. The lowest BCUT2D eigenvalue weighted by Crippen LogP contribution is -2.01. The number of aryl methyl sites for hydroxylation is 1. The average molecular weight is 406 g/mol. The molecule has 27 heavy (non-hydrogen) atoms. The van der Waals surface area contributed by atoms with E-state index in [1.807, 2.05) is 37.4 Å². The van der Waals surface area contributed by atoms with Gasteiger partial charge in [0.1, 0.15) is 0 Å². The number of sulfone groups is 1. The van der Waals surface area contributed by atoms with Crippen LogP contribution in [-0.2, 0) is 20.4 Å². The second-order valence-corrected chi connectivity index (χ2v) is 8.72. The van der Waals surface area contributed by atoms with Crippen LogP contribution in [0.5, 0.6) is 0 Å². The van der Waals surface area contributed by atoms with Crippen LogP contribution in [0.25, 0.3) is 22.2 Å². The van der Waals surface area contributed by atoms with Crippen molar-refractivity contribution in [1.82, 2.24) is 15.0 Å². The van der Waals surface area contributed by atoms with Crippen LogP contribution in [0, 0.1) is 6.92 Å². The van der Waals surface area contributed by atoms with Gasteiger partial charge in [-0.25, -0.2) is 23.4 Å². The molecule has 0 unspecified atom stereocenters. The van der Waals surface area contributed by atoms with Crippen molar-refractivity contribution in [3.63, 3.8) is 0 Å². The summed E-state index contributed by atoms with van der Waals surface area (Å²) in [4.78, 5) is 21.6. The molecule has 3 rings (SSSR count). The van der Waals surface area contributed by atoms with Gasteiger partial charge < -0.3 is 5.11 Å². The van der Waals surface area contributed by atoms with E-state index < -0.39 is 9.84 Å². The van der Waals surface area contributed by atoms with E-state index in [0.717, 1.165) is 38.4 Å². The molecule has 0 bridgehead atoms. The standard InChI is InChI=1S/C17H17N3O2S2.CH2O2/c1-11-6-16(13-8-18-17(23-2)19-9-13)20-15-5-4-12(7-14(11)15)10-24(3,21)22;2-1-3/h4-9H,10H2,1-3H3;1H,(H,2,3). The Morgan fingerprint density at radius 2 is 1.81 bits per heavy atom. The number of fused-ring (bicyclic) bond motifs is 1. The summed E-state index contributed by atoms with van der Waals surface area (Å²) in [5.74, 6) is 0.0358. The first kappa shape index (κ1) is 20.8. The Balaban J connectivity index is 0.000000817. The smallest absolute Gasteiger partial charge is 0.290 e. The number of hydrogen-bond acceptors (Lipinski definition) is 7. The molecule has 0 aliphatic rings. The third-order valence-electron chi connectivity index (χ3n) is 3.62. The summed E-state index contributed by atoms with van der Waals surface area (Å²) >= 11 is 1.49. The van der Waals surface area contributed by atoms with Crippen molar-refractivity contribution in [3.05, 3.63) is 47.8 Å². The predicted molar refractivity (Wildman–Crippen MR) is 107 cm³/mol. The monoisotopic (exact) mass is 405 g/mol. The molecule has 142 valence electrons. The van der Waals surface area contributed by atoms with Crippen molar-refractivity contribution in [2.45, 2.75) is 17.8 Å². The number of aromatic nitrogens is 3. The molecule has 1 N–H and O–H groups in total. The van der Waals surface area contributed by atoms with E-state index in [0.29, 0.717) is 0 Å². The van der Waals surface area contributed by atoms with Crippen molar-refractivity contribution in [2.24, 2.45) is 0 Å². The van der Waals surface area contributed by atoms with Crippen molar-refractivity contribution < 1.29 is 18.3 Å². The molecule has 0 fully saturated rings. The third kappa shape index (κ3) is 5.73. The molecule has 3 aromatic rings. The van der Waals surface area contributed by atoms with Crippen LogP contribution in [0.3, 0.4) is 0 Å². The number of benzene rings is 1. The van der Waals surface area contributed by atoms with Gasteiger partial charge in [0.2, 0.25) is 0 Å². The number of hydrogen-bond donors (Lipinski definition) is 1. The second-order valence-electron chi connectivity index (χ2n) is 5.81. The fourth-order valence-corrected chi connectivity index (χ4v) is 3.64. The lowest BCUT2D eigenvalue weighted by molar-refractivity contribution is -0.122. The number of nitrogens with zero attached hydrogens (tertiary/aromatic N) is 3. The van der Waals surface area contributed by atoms with E-state index in [1.165, 1.54) is 18.0 Å². The third-order valence-corrected chi connectivity index (χ3v) is 5.05. The van der Waals surface area contributed by atoms with E-state index in [1.54, 1.807) is 12.4 Å². The molecule has 0 saturated carbocycles. The number of carboxylic acid groups (broad SMARTS) is 1. The number of thioether (sulfide) groups is 1. The van der Waals surface area contributed by atoms with Gasteiger partial charge in [0, 0.05) is 29.6 Å². The van der Waals surface area contributed by atoms with E-state index in [-0.39, 0.29) is 12.2 Å². The maximum Gasteiger partial charge on any atom is 0.290 e. The molecule has 7 nitrogen and oxygen atoms in total. The van der Waals surface area contributed by atoms with Gasteiger partial charge in [-0.1, -0.05) is 17.8 Å². The highest BCUT2D eigenvalue weighted by molar-refractivity contribution is 7.98. The minimum absolute atomic E-state index is 0.0358. The lowest BCUT2D eigenvalue weighted by atomic mass is 10.0. The molecule has 0 amide bonds. The first-order valence-electron chi connectivity index (χ1n) is 7.79. The molecule has 1 aromatic carbocycles. The van der Waals surface area contributed by atoms with Crippen molar-refractivity contribution >= 4 is 39.0 Å². The number of carbonyl (C=O) groups is 1. The van der Waals surface area contributed by atoms with Crippen LogP contribution in [0.2, 0.25) is 0 Å². The van der Waals surface area contributed by atoms with Crippen LogP contribution in [-0.4, -0.2) is 47.5 Å². The highest BCUT2D eigenvalue weighted by Gasteiger charge is 2.09. The molecule has 0 spiro atoms. The van der Waals surface area contributed by atoms with Crippen LogP contribution < -0.4 is 0 Å². The lowest BCUT2D eigenvalue weighted by Gasteiger charge is -2.08. The Kier molecular flexibility index (Phi) is 6.86. The van der Waals surface area contributed by atoms with E-state index in [2.05, 4.69) is 15.0 Å². The Morgan fingerprint density at radius 3 is 2.37 bits per heavy atom. The molecule has 0 atom stereocenters. The van der Waals surface area contributed by atoms with Crippen LogP contribution in [0.15, 0.2) is 41.8 Å². The predicted octanol–water partition coefficient (Wildman–Crippen LogP) is 2.97. The quantitative estimate of drug-likeness (QED) is 0.401. The zero-order chi connectivity index (χ0) is 20.0. The maximum atomic E-state index is 11.5. The second kappa shape index (κ2) is 8.92. The molecular formula is C18H19N3O4S2. The SMILES string of the molecule is CSc1ncc(-c2cc(C)c3cc(CS(C)(=O)=O)ccc3n2)cn1.O=CO. The molecular weight excluding hydrogens is 386 g/mol. The molecule has 0 saturated heterocycles. The van der Waals surface area contributed by atoms with Crippen molar-refractivity contribution in [1.29, 1.82) is 0 Å². The van der Waals surface area contributed by atoms with Crippen molar-refractivity contribution in [2.75, 3.05) is 12.5 Å². The Labute approximate surface area is 161 Å². The zero-order valence-electron chi connectivity index (χ0n) is 15.1. The van der Waals surface area contributed by atoms with Crippen LogP contribution >= 0.6 is 11.8 Å². The van der Waals surface area contributed by atoms with E-state index >= 15 is 0 Å². The van der Waals surface area contributed by atoms with Crippen LogP contribution in [0.4, 0.5) is 0 Å². The Hall–Kier alpha value is -2.52. The summed E-state index contributed by atoms with van der Waals surface area (Å²) in [7, 11) is -3.06. The topological polar surface area (TPSA) is 110 Å². The summed E-state index contributed by atoms with van der Waals surface area (Å²) in [6.45, 7) is 1.74. The Morgan fingerprint density at radius 1 is 1.19 bits per heavy atom. The summed E-state index contributed by atoms with van der Waals surface area (Å²) in [6.07, 6.45) is 6.71. The van der Waals surface area contributed by atoms with E-state index in [9.17, 15) is 8.42 Å². The van der Waals surface area contributed by atoms with Gasteiger partial charge in [-0.05, 0) is 42.5 Å². The summed E-state index contributed by atoms with van der Waals surface area (Å²) in [5.41, 5.74) is 4.31. The molecule has 0 radical (unpaired) electrons. The first-order valence-corrected chi connectivity index (χ1v) is 11.1. The fourth-order valence-electron chi connectivity index (χ4n) is 2.54. The minimum Gasteiger partial charge on any atom is -0.483 e. The normalized spacial score (nSPS) is 10.9. The largest absolute Gasteiger partial charge is 0.483 e. The van der Waals surface area contributed by atoms with Crippen molar-refractivity contribution in [3.8, 4) is 11.3 Å². The van der Waals surface area contributed by atoms with Crippen LogP contribution in [0.1, 0.15) is 11.1 Å². The number of rotatable bonds is 4. The average Bonchev–Trinajstić information content (AvgIpc) is 2.61. The zero-order valence-corrected chi connectivity index (χ0v) is 16.7. The fraction of sp³-hybridized carbons (Fsp3) is 0.222. The van der Waals surface area contributed by atoms with E-state index in [4.69, 9.17) is 9.90 Å². The van der Waals surface area contributed by atoms with Gasteiger partial charge in [-0.3, -0.25) is 4.79 Å². The van der Waals surface area contributed by atoms with Gasteiger partial charge in [-0.2, -0.15) is 0 Å². The molecule has 2 aromatic heterocycles. The van der Waals surface area contributed by atoms with Gasteiger partial charge in [0.15, 0.2) is 15.0 Å². The molecule has 9 heteroatoms. The molecule has 0 aliphatic carbocycles. The Bertz CT molecular complexity index is 1050. The van der Waals surface area contributed by atoms with Gasteiger partial charge in [0.05, 0.1) is 17.0 Å². The highest BCUT2D eigenvalue weighted by Crippen LogP contribution is 2.25. The van der Waals surface area contributed by atoms with Gasteiger partial charge >= 0.3 is 0 Å². The first-order chi connectivity index (χ1) is 12.8. The summed E-state index contributed by atoms with van der Waals surface area (Å²) in [6, 6.07) is 7.55. The van der Waals surface area contributed by atoms with Gasteiger partial charge in [0.25, 0.3) is 6.47 Å². The highest BCUT2D eigenvalue weighted by atomic mass is 32.2. The van der Waals surface area contributed by atoms with Gasteiger partial charge in [-0.15, -0.1) is 0 Å².